The lowest BCUT2D eigenvalue weighted by molar-refractivity contribution is -0.116. The summed E-state index contributed by atoms with van der Waals surface area (Å²) in [5.41, 5.74) is 0. The van der Waals surface area contributed by atoms with Gasteiger partial charge in [0, 0.05) is 12.8 Å². The van der Waals surface area contributed by atoms with Gasteiger partial charge in [0.25, 0.3) is 0 Å². The van der Waals surface area contributed by atoms with E-state index in [9.17, 15) is 4.79 Å². The molecule has 0 atom stereocenters. The summed E-state index contributed by atoms with van der Waals surface area (Å²) in [6, 6.07) is 0. The van der Waals surface area contributed by atoms with Crippen LogP contribution in [0.5, 0.6) is 0 Å². The third-order valence-electron chi connectivity index (χ3n) is 5.16. The number of nitrogens with one attached hydrogen (secondary N) is 1. The van der Waals surface area contributed by atoms with E-state index in [0.717, 1.165) is 29.7 Å². The first-order chi connectivity index (χ1) is 10.8. The van der Waals surface area contributed by atoms with Crippen LogP contribution in [0, 0.1) is 11.8 Å². The lowest BCUT2D eigenvalue weighted by Gasteiger charge is -2.20. The summed E-state index contributed by atoms with van der Waals surface area (Å²) in [5, 5.41) is 13.1. The highest BCUT2D eigenvalue weighted by Gasteiger charge is 2.19. The SMILES string of the molecule is O=C(CCC1CCCCC1)Nc1nnc(CC2CCCC2)s1. The smallest absolute Gasteiger partial charge is 0.226 e. The highest BCUT2D eigenvalue weighted by atomic mass is 32.1. The average molecular weight is 321 g/mol. The molecule has 0 aliphatic heterocycles. The molecule has 122 valence electrons. The molecule has 5 heteroatoms. The van der Waals surface area contributed by atoms with Crippen LogP contribution in [-0.4, -0.2) is 16.1 Å². The average Bonchev–Trinajstić information content (AvgIpc) is 3.19. The van der Waals surface area contributed by atoms with Crippen molar-refractivity contribution in [3.63, 3.8) is 0 Å². The fraction of sp³-hybridized carbons (Fsp3) is 0.824. The van der Waals surface area contributed by atoms with Gasteiger partial charge in [0.05, 0.1) is 0 Å². The number of hydrogen-bond donors (Lipinski definition) is 1. The molecule has 0 aromatic carbocycles. The van der Waals surface area contributed by atoms with Crippen molar-refractivity contribution in [1.82, 2.24) is 10.2 Å². The summed E-state index contributed by atoms with van der Waals surface area (Å²) in [4.78, 5) is 12.0. The zero-order chi connectivity index (χ0) is 15.2. The Labute approximate surface area is 137 Å². The number of anilines is 1. The summed E-state index contributed by atoms with van der Waals surface area (Å²) >= 11 is 1.56. The number of aromatic nitrogens is 2. The van der Waals surface area contributed by atoms with Crippen molar-refractivity contribution in [2.45, 2.75) is 77.0 Å². The summed E-state index contributed by atoms with van der Waals surface area (Å²) in [6.07, 6.45) is 14.7. The largest absolute Gasteiger partial charge is 0.301 e. The molecule has 1 N–H and O–H groups in total. The fourth-order valence-electron chi connectivity index (χ4n) is 3.84. The van der Waals surface area contributed by atoms with Gasteiger partial charge in [-0.15, -0.1) is 10.2 Å². The molecule has 3 rings (SSSR count). The van der Waals surface area contributed by atoms with Crippen molar-refractivity contribution in [1.29, 1.82) is 0 Å². The number of rotatable bonds is 6. The third kappa shape index (κ3) is 4.77. The van der Waals surface area contributed by atoms with Crippen LogP contribution >= 0.6 is 11.3 Å². The normalized spacial score (nSPS) is 20.4. The van der Waals surface area contributed by atoms with Crippen LogP contribution < -0.4 is 5.32 Å². The topological polar surface area (TPSA) is 54.9 Å². The molecule has 1 aromatic heterocycles. The van der Waals surface area contributed by atoms with E-state index in [-0.39, 0.29) is 5.91 Å². The molecule has 2 aliphatic rings. The molecule has 22 heavy (non-hydrogen) atoms. The van der Waals surface area contributed by atoms with Gasteiger partial charge in [-0.3, -0.25) is 4.79 Å². The second kappa shape index (κ2) is 8.04. The monoisotopic (exact) mass is 321 g/mol. The molecule has 0 bridgehead atoms. The summed E-state index contributed by atoms with van der Waals surface area (Å²) in [7, 11) is 0. The maximum atomic E-state index is 12.0. The van der Waals surface area contributed by atoms with Crippen molar-refractivity contribution < 1.29 is 4.79 Å². The minimum Gasteiger partial charge on any atom is -0.301 e. The maximum Gasteiger partial charge on any atom is 0.226 e. The Bertz CT molecular complexity index is 476. The molecular weight excluding hydrogens is 294 g/mol. The van der Waals surface area contributed by atoms with Gasteiger partial charge in [-0.25, -0.2) is 0 Å². The van der Waals surface area contributed by atoms with Crippen molar-refractivity contribution in [3.8, 4) is 0 Å². The maximum absolute atomic E-state index is 12.0. The minimum absolute atomic E-state index is 0.106. The third-order valence-corrected chi connectivity index (χ3v) is 6.02. The Kier molecular flexibility index (Phi) is 5.82. The van der Waals surface area contributed by atoms with Crippen LogP contribution in [0.25, 0.3) is 0 Å². The fourth-order valence-corrected chi connectivity index (χ4v) is 4.71. The molecule has 0 unspecified atom stereocenters. The zero-order valence-corrected chi connectivity index (χ0v) is 14.2. The van der Waals surface area contributed by atoms with E-state index in [0.29, 0.717) is 11.6 Å². The second-order valence-electron chi connectivity index (χ2n) is 6.95. The lowest BCUT2D eigenvalue weighted by atomic mass is 9.86. The predicted octanol–water partition coefficient (Wildman–Crippen LogP) is 4.57. The number of amides is 1. The molecule has 1 amide bonds. The standard InChI is InChI=1S/C17H27N3OS/c21-15(11-10-13-6-2-1-3-7-13)18-17-20-19-16(22-17)12-14-8-4-5-9-14/h13-14H,1-12H2,(H,18,20,21). The van der Waals surface area contributed by atoms with E-state index in [2.05, 4.69) is 15.5 Å². The van der Waals surface area contributed by atoms with Crippen LogP contribution in [0.2, 0.25) is 0 Å². The molecule has 2 aliphatic carbocycles. The van der Waals surface area contributed by atoms with E-state index in [1.807, 2.05) is 0 Å². The first-order valence-corrected chi connectivity index (χ1v) is 9.73. The number of carbonyl (C=O) groups excluding carboxylic acids is 1. The molecule has 2 fully saturated rings. The molecule has 0 spiro atoms. The predicted molar refractivity (Wildman–Crippen MR) is 90.0 cm³/mol. The first kappa shape index (κ1) is 15.9. The number of hydrogen-bond acceptors (Lipinski definition) is 4. The van der Waals surface area contributed by atoms with Crippen molar-refractivity contribution in [2.24, 2.45) is 11.8 Å². The Morgan fingerprint density at radius 1 is 1.00 bits per heavy atom. The molecule has 0 radical (unpaired) electrons. The summed E-state index contributed by atoms with van der Waals surface area (Å²) < 4.78 is 0. The summed E-state index contributed by atoms with van der Waals surface area (Å²) in [5.74, 6) is 1.64. The van der Waals surface area contributed by atoms with E-state index in [4.69, 9.17) is 0 Å². The van der Waals surface area contributed by atoms with Crippen molar-refractivity contribution in [2.75, 3.05) is 5.32 Å². The van der Waals surface area contributed by atoms with E-state index >= 15 is 0 Å². The Morgan fingerprint density at radius 3 is 2.45 bits per heavy atom. The Morgan fingerprint density at radius 2 is 1.68 bits per heavy atom. The van der Waals surface area contributed by atoms with Crippen LogP contribution in [0.3, 0.4) is 0 Å². The molecule has 1 aromatic rings. The van der Waals surface area contributed by atoms with Gasteiger partial charge in [-0.2, -0.15) is 0 Å². The molecule has 2 saturated carbocycles. The second-order valence-corrected chi connectivity index (χ2v) is 8.01. The van der Waals surface area contributed by atoms with Crippen molar-refractivity contribution in [3.05, 3.63) is 5.01 Å². The van der Waals surface area contributed by atoms with E-state index in [1.54, 1.807) is 11.3 Å². The molecule has 1 heterocycles. The van der Waals surface area contributed by atoms with E-state index < -0.39 is 0 Å². The lowest BCUT2D eigenvalue weighted by Crippen LogP contribution is -2.14. The van der Waals surface area contributed by atoms with Gasteiger partial charge >= 0.3 is 0 Å². The molecule has 0 saturated heterocycles. The highest BCUT2D eigenvalue weighted by Crippen LogP contribution is 2.30. The van der Waals surface area contributed by atoms with Gasteiger partial charge in [0.1, 0.15) is 5.01 Å². The van der Waals surface area contributed by atoms with Gasteiger partial charge in [-0.05, 0) is 18.3 Å². The Hall–Kier alpha value is -0.970. The van der Waals surface area contributed by atoms with Gasteiger partial charge in [-0.1, -0.05) is 69.1 Å². The van der Waals surface area contributed by atoms with Gasteiger partial charge in [0.15, 0.2) is 0 Å². The Balaban J connectivity index is 1.40. The van der Waals surface area contributed by atoms with Crippen molar-refractivity contribution >= 4 is 22.4 Å². The zero-order valence-electron chi connectivity index (χ0n) is 13.4. The molecule has 4 nitrogen and oxygen atoms in total. The summed E-state index contributed by atoms with van der Waals surface area (Å²) in [6.45, 7) is 0. The van der Waals surface area contributed by atoms with Crippen LogP contribution in [-0.2, 0) is 11.2 Å². The molecular formula is C17H27N3OS. The number of carbonyl (C=O) groups is 1. The highest BCUT2D eigenvalue weighted by molar-refractivity contribution is 7.15. The van der Waals surface area contributed by atoms with Crippen LogP contribution in [0.4, 0.5) is 5.13 Å². The van der Waals surface area contributed by atoms with Crippen LogP contribution in [0.1, 0.15) is 75.6 Å². The van der Waals surface area contributed by atoms with E-state index in [1.165, 1.54) is 57.8 Å². The number of nitrogens with zero attached hydrogens (tertiary/aromatic N) is 2. The van der Waals surface area contributed by atoms with Gasteiger partial charge in [0.2, 0.25) is 11.0 Å². The first-order valence-electron chi connectivity index (χ1n) is 8.92. The van der Waals surface area contributed by atoms with Gasteiger partial charge < -0.3 is 5.32 Å². The van der Waals surface area contributed by atoms with Crippen LogP contribution in [0.15, 0.2) is 0 Å². The quantitative estimate of drug-likeness (QED) is 0.835. The minimum atomic E-state index is 0.106.